The van der Waals surface area contributed by atoms with Crippen LogP contribution < -0.4 is 5.73 Å². The number of piperidine rings is 1. The lowest BCUT2D eigenvalue weighted by Gasteiger charge is -2.33. The first-order chi connectivity index (χ1) is 7.66. The molecule has 0 aromatic heterocycles. The number of amidine groups is 1. The zero-order valence-electron chi connectivity index (χ0n) is 10.7. The molecule has 1 aliphatic heterocycles. The van der Waals surface area contributed by atoms with Gasteiger partial charge in [-0.25, -0.2) is 0 Å². The van der Waals surface area contributed by atoms with Gasteiger partial charge in [0.15, 0.2) is 0 Å². The Hall–Kier alpha value is -0.570. The molecule has 1 aliphatic carbocycles. The maximum absolute atomic E-state index is 6.14. The van der Waals surface area contributed by atoms with Gasteiger partial charge in [0, 0.05) is 12.5 Å². The van der Waals surface area contributed by atoms with Crippen molar-refractivity contribution in [1.82, 2.24) is 4.90 Å². The number of rotatable bonds is 2. The molecule has 2 rings (SSSR count). The molecule has 2 aliphatic rings. The molecule has 0 spiro atoms. The van der Waals surface area contributed by atoms with Crippen LogP contribution in [0.25, 0.3) is 0 Å². The molecule has 16 heavy (non-hydrogen) atoms. The van der Waals surface area contributed by atoms with Crippen molar-refractivity contribution in [2.24, 2.45) is 22.6 Å². The van der Waals surface area contributed by atoms with Crippen LogP contribution in [-0.2, 0) is 0 Å². The topological polar surface area (TPSA) is 41.6 Å². The summed E-state index contributed by atoms with van der Waals surface area (Å²) < 4.78 is 0. The highest BCUT2D eigenvalue weighted by atomic mass is 15.1. The van der Waals surface area contributed by atoms with Gasteiger partial charge in [0.05, 0.1) is 11.9 Å². The average molecular weight is 223 g/mol. The molecule has 92 valence electrons. The maximum Gasteiger partial charge on any atom is 0.0971 e. The molecule has 1 heterocycles. The second-order valence-corrected chi connectivity index (χ2v) is 5.63. The fourth-order valence-corrected chi connectivity index (χ4v) is 3.05. The van der Waals surface area contributed by atoms with E-state index in [4.69, 9.17) is 10.7 Å². The van der Waals surface area contributed by atoms with Gasteiger partial charge in [-0.05, 0) is 38.8 Å². The monoisotopic (exact) mass is 223 g/mol. The van der Waals surface area contributed by atoms with Crippen LogP contribution in [0.15, 0.2) is 4.99 Å². The Morgan fingerprint density at radius 1 is 1.25 bits per heavy atom. The fourth-order valence-electron chi connectivity index (χ4n) is 3.05. The van der Waals surface area contributed by atoms with Crippen LogP contribution in [-0.4, -0.2) is 36.9 Å². The fraction of sp³-hybridized carbons (Fsp3) is 0.923. The number of nitrogens with two attached hydrogens (primary N) is 1. The van der Waals surface area contributed by atoms with E-state index in [2.05, 4.69) is 18.9 Å². The zero-order chi connectivity index (χ0) is 11.5. The van der Waals surface area contributed by atoms with Gasteiger partial charge in [-0.2, -0.15) is 0 Å². The van der Waals surface area contributed by atoms with E-state index >= 15 is 0 Å². The normalized spacial score (nSPS) is 34.5. The van der Waals surface area contributed by atoms with E-state index < -0.39 is 0 Å². The Morgan fingerprint density at radius 2 is 1.94 bits per heavy atom. The first-order valence-electron chi connectivity index (χ1n) is 6.68. The van der Waals surface area contributed by atoms with Crippen LogP contribution >= 0.6 is 0 Å². The van der Waals surface area contributed by atoms with Crippen molar-refractivity contribution in [1.29, 1.82) is 0 Å². The molecule has 2 atom stereocenters. The number of aliphatic imine (C=N–C) groups is 1. The van der Waals surface area contributed by atoms with Gasteiger partial charge in [-0.1, -0.05) is 19.8 Å². The summed E-state index contributed by atoms with van der Waals surface area (Å²) in [6, 6.07) is 0.469. The summed E-state index contributed by atoms with van der Waals surface area (Å²) in [4.78, 5) is 7.19. The summed E-state index contributed by atoms with van der Waals surface area (Å²) in [6.07, 6.45) is 6.37. The Morgan fingerprint density at radius 3 is 2.56 bits per heavy atom. The highest BCUT2D eigenvalue weighted by Crippen LogP contribution is 2.26. The molecule has 2 N–H and O–H groups in total. The largest absolute Gasteiger partial charge is 0.387 e. The summed E-state index contributed by atoms with van der Waals surface area (Å²) in [5, 5.41) is 0. The predicted octanol–water partition coefficient (Wildman–Crippen LogP) is 1.87. The molecule has 0 aromatic carbocycles. The van der Waals surface area contributed by atoms with Crippen LogP contribution in [0.5, 0.6) is 0 Å². The van der Waals surface area contributed by atoms with Crippen molar-refractivity contribution in [2.45, 2.75) is 45.1 Å². The van der Waals surface area contributed by atoms with Crippen LogP contribution in [0.2, 0.25) is 0 Å². The lowest BCUT2D eigenvalue weighted by molar-refractivity contribution is 0.198. The second kappa shape index (κ2) is 5.17. The summed E-state index contributed by atoms with van der Waals surface area (Å²) in [5.41, 5.74) is 6.14. The van der Waals surface area contributed by atoms with Crippen molar-refractivity contribution in [3.8, 4) is 0 Å². The van der Waals surface area contributed by atoms with Gasteiger partial charge in [0.25, 0.3) is 0 Å². The van der Waals surface area contributed by atoms with Gasteiger partial charge in [-0.3, -0.25) is 4.99 Å². The highest BCUT2D eigenvalue weighted by Gasteiger charge is 2.25. The Kier molecular flexibility index (Phi) is 3.85. The molecule has 2 fully saturated rings. The van der Waals surface area contributed by atoms with Gasteiger partial charge >= 0.3 is 0 Å². The molecular formula is C13H25N3. The van der Waals surface area contributed by atoms with Crippen LogP contribution in [0, 0.1) is 11.8 Å². The summed E-state index contributed by atoms with van der Waals surface area (Å²) in [5.74, 6) is 2.18. The van der Waals surface area contributed by atoms with E-state index in [1.807, 2.05) is 0 Å². The van der Waals surface area contributed by atoms with E-state index in [-0.39, 0.29) is 0 Å². The Labute approximate surface area is 99.1 Å². The number of hydrogen-bond donors (Lipinski definition) is 1. The predicted molar refractivity (Wildman–Crippen MR) is 68.6 cm³/mol. The van der Waals surface area contributed by atoms with Crippen molar-refractivity contribution in [2.75, 3.05) is 20.1 Å². The maximum atomic E-state index is 6.14. The van der Waals surface area contributed by atoms with E-state index in [1.54, 1.807) is 0 Å². The molecule has 3 nitrogen and oxygen atoms in total. The van der Waals surface area contributed by atoms with E-state index in [9.17, 15) is 0 Å². The number of nitrogens with zero attached hydrogens (tertiary/aromatic N) is 2. The smallest absolute Gasteiger partial charge is 0.0971 e. The molecule has 1 saturated carbocycles. The van der Waals surface area contributed by atoms with E-state index in [1.165, 1.54) is 32.1 Å². The van der Waals surface area contributed by atoms with E-state index in [0.29, 0.717) is 17.9 Å². The van der Waals surface area contributed by atoms with Gasteiger partial charge < -0.3 is 10.6 Å². The van der Waals surface area contributed by atoms with Crippen molar-refractivity contribution < 1.29 is 0 Å². The third-order valence-corrected chi connectivity index (χ3v) is 4.15. The molecule has 0 amide bonds. The molecular weight excluding hydrogens is 198 g/mol. The first kappa shape index (κ1) is 11.9. The zero-order valence-corrected chi connectivity index (χ0v) is 10.7. The van der Waals surface area contributed by atoms with Gasteiger partial charge in [0.2, 0.25) is 0 Å². The third kappa shape index (κ3) is 2.76. The molecule has 2 unspecified atom stereocenters. The van der Waals surface area contributed by atoms with Crippen LogP contribution in [0.4, 0.5) is 0 Å². The average Bonchev–Trinajstić information content (AvgIpc) is 2.75. The van der Waals surface area contributed by atoms with Crippen molar-refractivity contribution in [3.63, 3.8) is 0 Å². The molecule has 0 bridgehead atoms. The first-order valence-corrected chi connectivity index (χ1v) is 6.68. The minimum atomic E-state index is 0.469. The van der Waals surface area contributed by atoms with Crippen LogP contribution in [0.1, 0.15) is 39.0 Å². The SMILES string of the molecule is CC1CN(C)CCC1N=C(N)C1CCCC1. The highest BCUT2D eigenvalue weighted by molar-refractivity contribution is 5.83. The molecule has 1 saturated heterocycles. The number of hydrogen-bond acceptors (Lipinski definition) is 2. The minimum Gasteiger partial charge on any atom is -0.387 e. The van der Waals surface area contributed by atoms with Crippen molar-refractivity contribution in [3.05, 3.63) is 0 Å². The Balaban J connectivity index is 1.94. The molecule has 0 aromatic rings. The quantitative estimate of drug-likeness (QED) is 0.573. The lowest BCUT2D eigenvalue weighted by atomic mass is 9.94. The van der Waals surface area contributed by atoms with Gasteiger partial charge in [-0.15, -0.1) is 0 Å². The lowest BCUT2D eigenvalue weighted by Crippen LogP contribution is -2.40. The number of likely N-dealkylation sites (tertiary alicyclic amines) is 1. The van der Waals surface area contributed by atoms with Crippen molar-refractivity contribution >= 4 is 5.84 Å². The van der Waals surface area contributed by atoms with E-state index in [0.717, 1.165) is 18.9 Å². The third-order valence-electron chi connectivity index (χ3n) is 4.15. The molecule has 3 heteroatoms. The minimum absolute atomic E-state index is 0.469. The summed E-state index contributed by atoms with van der Waals surface area (Å²) in [6.45, 7) is 4.62. The summed E-state index contributed by atoms with van der Waals surface area (Å²) >= 11 is 0. The van der Waals surface area contributed by atoms with Crippen LogP contribution in [0.3, 0.4) is 0 Å². The summed E-state index contributed by atoms with van der Waals surface area (Å²) in [7, 11) is 2.19. The van der Waals surface area contributed by atoms with Gasteiger partial charge in [0.1, 0.15) is 0 Å². The Bertz CT molecular complexity index is 256. The second-order valence-electron chi connectivity index (χ2n) is 5.63. The standard InChI is InChI=1S/C13H25N3/c1-10-9-16(2)8-7-12(10)15-13(14)11-5-3-4-6-11/h10-12H,3-9H2,1-2H3,(H2,14,15). The molecule has 0 radical (unpaired) electrons.